The highest BCUT2D eigenvalue weighted by Crippen LogP contribution is 2.28. The number of carbonyl (C=O) groups is 1. The molecule has 1 aromatic rings. The molecule has 20 heavy (non-hydrogen) atoms. The summed E-state index contributed by atoms with van der Waals surface area (Å²) in [5.41, 5.74) is 1.96. The Morgan fingerprint density at radius 2 is 1.90 bits per heavy atom. The molecule has 1 saturated heterocycles. The summed E-state index contributed by atoms with van der Waals surface area (Å²) in [7, 11) is 0. The molecule has 1 fully saturated rings. The Balaban J connectivity index is 2.02. The largest absolute Gasteiger partial charge is 0.368 e. The van der Waals surface area contributed by atoms with Crippen molar-refractivity contribution in [2.45, 2.75) is 20.8 Å². The average Bonchev–Trinajstić information content (AvgIpc) is 2.39. The number of hydrogen-bond acceptors (Lipinski definition) is 3. The van der Waals surface area contributed by atoms with Crippen molar-refractivity contribution in [2.24, 2.45) is 5.92 Å². The first-order valence-corrected chi connectivity index (χ1v) is 8.04. The summed E-state index contributed by atoms with van der Waals surface area (Å²) in [4.78, 5) is 16.3. The van der Waals surface area contributed by atoms with Gasteiger partial charge in [-0.15, -0.1) is 0 Å². The van der Waals surface area contributed by atoms with Gasteiger partial charge in [0.25, 0.3) is 0 Å². The first-order valence-electron chi connectivity index (χ1n) is 7.25. The molecule has 3 nitrogen and oxygen atoms in total. The van der Waals surface area contributed by atoms with Crippen molar-refractivity contribution in [3.05, 3.63) is 28.2 Å². The Morgan fingerprint density at radius 3 is 2.40 bits per heavy atom. The molecule has 0 aromatic heterocycles. The van der Waals surface area contributed by atoms with Gasteiger partial charge in [0.2, 0.25) is 0 Å². The quantitative estimate of drug-likeness (QED) is 0.786. The van der Waals surface area contributed by atoms with Gasteiger partial charge in [-0.25, -0.2) is 0 Å². The molecule has 2 rings (SSSR count). The fraction of sp³-hybridized carbons (Fsp3) is 0.562. The van der Waals surface area contributed by atoms with Crippen molar-refractivity contribution in [3.8, 4) is 0 Å². The van der Waals surface area contributed by atoms with Crippen molar-refractivity contribution < 1.29 is 4.79 Å². The van der Waals surface area contributed by atoms with E-state index in [1.807, 2.05) is 12.1 Å². The van der Waals surface area contributed by atoms with E-state index in [1.165, 1.54) is 12.2 Å². The molecule has 0 unspecified atom stereocenters. The van der Waals surface area contributed by atoms with Crippen LogP contribution in [0.2, 0.25) is 0 Å². The predicted octanol–water partition coefficient (Wildman–Crippen LogP) is 3.43. The molecular weight excluding hydrogens is 316 g/mol. The molecule has 0 N–H and O–H groups in total. The van der Waals surface area contributed by atoms with Gasteiger partial charge in [0.15, 0.2) is 5.78 Å². The summed E-state index contributed by atoms with van der Waals surface area (Å²) in [6.07, 6.45) is 0. The molecular formula is C16H23BrN2O. The normalized spacial score (nSPS) is 16.8. The lowest BCUT2D eigenvalue weighted by atomic mass is 10.1. The number of benzene rings is 1. The van der Waals surface area contributed by atoms with Crippen LogP contribution in [-0.2, 0) is 0 Å². The summed E-state index contributed by atoms with van der Waals surface area (Å²) >= 11 is 3.60. The lowest BCUT2D eigenvalue weighted by Gasteiger charge is -2.37. The first-order chi connectivity index (χ1) is 9.47. The van der Waals surface area contributed by atoms with Gasteiger partial charge in [-0.2, -0.15) is 0 Å². The fourth-order valence-corrected chi connectivity index (χ4v) is 3.30. The molecule has 1 aromatic carbocycles. The number of piperazine rings is 1. The van der Waals surface area contributed by atoms with Gasteiger partial charge in [0.1, 0.15) is 0 Å². The van der Waals surface area contributed by atoms with E-state index in [2.05, 4.69) is 45.6 Å². The zero-order valence-electron chi connectivity index (χ0n) is 12.5. The summed E-state index contributed by atoms with van der Waals surface area (Å²) in [5, 5.41) is 0. The second-order valence-corrected chi connectivity index (χ2v) is 6.76. The number of halogens is 1. The molecule has 110 valence electrons. The molecule has 0 atom stereocenters. The number of anilines is 1. The monoisotopic (exact) mass is 338 g/mol. The Bertz CT molecular complexity index is 479. The van der Waals surface area contributed by atoms with Crippen molar-refractivity contribution in [3.63, 3.8) is 0 Å². The van der Waals surface area contributed by atoms with Crippen molar-refractivity contribution in [2.75, 3.05) is 37.6 Å². The lowest BCUT2D eigenvalue weighted by Crippen LogP contribution is -2.47. The fourth-order valence-electron chi connectivity index (χ4n) is 2.67. The lowest BCUT2D eigenvalue weighted by molar-refractivity contribution is 0.101. The molecule has 1 aliphatic rings. The van der Waals surface area contributed by atoms with Crippen LogP contribution in [0.3, 0.4) is 0 Å². The molecule has 1 heterocycles. The van der Waals surface area contributed by atoms with Crippen LogP contribution >= 0.6 is 15.9 Å². The Morgan fingerprint density at radius 1 is 1.25 bits per heavy atom. The Labute approximate surface area is 130 Å². The minimum absolute atomic E-state index is 0.110. The predicted molar refractivity (Wildman–Crippen MR) is 87.6 cm³/mol. The van der Waals surface area contributed by atoms with Crippen LogP contribution < -0.4 is 4.90 Å². The maximum absolute atomic E-state index is 11.4. The third kappa shape index (κ3) is 3.83. The van der Waals surface area contributed by atoms with E-state index in [9.17, 15) is 4.79 Å². The summed E-state index contributed by atoms with van der Waals surface area (Å²) in [5.74, 6) is 0.835. The maximum Gasteiger partial charge on any atom is 0.159 e. The van der Waals surface area contributed by atoms with Gasteiger partial charge in [0, 0.05) is 42.8 Å². The van der Waals surface area contributed by atoms with E-state index in [1.54, 1.807) is 6.92 Å². The van der Waals surface area contributed by atoms with Crippen LogP contribution in [0.1, 0.15) is 31.1 Å². The topological polar surface area (TPSA) is 23.6 Å². The standard InChI is InChI=1S/C16H23BrN2O/c1-12(2)11-18-6-8-19(9-7-18)16-5-4-14(13(3)20)10-15(16)17/h4-5,10,12H,6-9,11H2,1-3H3. The van der Waals surface area contributed by atoms with Gasteiger partial charge >= 0.3 is 0 Å². The van der Waals surface area contributed by atoms with Crippen LogP contribution in [0.25, 0.3) is 0 Å². The summed E-state index contributed by atoms with van der Waals surface area (Å²) in [6.45, 7) is 11.6. The molecule has 0 radical (unpaired) electrons. The zero-order valence-corrected chi connectivity index (χ0v) is 14.1. The second-order valence-electron chi connectivity index (χ2n) is 5.90. The molecule has 0 aliphatic carbocycles. The molecule has 0 saturated carbocycles. The summed E-state index contributed by atoms with van der Waals surface area (Å²) in [6, 6.07) is 5.90. The highest BCUT2D eigenvalue weighted by Gasteiger charge is 2.19. The van der Waals surface area contributed by atoms with Crippen LogP contribution in [-0.4, -0.2) is 43.4 Å². The maximum atomic E-state index is 11.4. The second kappa shape index (κ2) is 6.72. The number of ketones is 1. The van der Waals surface area contributed by atoms with Crippen LogP contribution in [0.4, 0.5) is 5.69 Å². The molecule has 4 heteroatoms. The van der Waals surface area contributed by atoms with E-state index in [0.717, 1.165) is 42.1 Å². The number of carbonyl (C=O) groups excluding carboxylic acids is 1. The van der Waals surface area contributed by atoms with E-state index < -0.39 is 0 Å². The highest BCUT2D eigenvalue weighted by atomic mass is 79.9. The number of rotatable bonds is 4. The smallest absolute Gasteiger partial charge is 0.159 e. The summed E-state index contributed by atoms with van der Waals surface area (Å²) < 4.78 is 1.02. The number of hydrogen-bond donors (Lipinski definition) is 0. The van der Waals surface area contributed by atoms with E-state index in [0.29, 0.717) is 0 Å². The minimum atomic E-state index is 0.110. The third-order valence-corrected chi connectivity index (χ3v) is 4.33. The van der Waals surface area contributed by atoms with Crippen molar-refractivity contribution in [1.29, 1.82) is 0 Å². The van der Waals surface area contributed by atoms with Crippen LogP contribution in [0.15, 0.2) is 22.7 Å². The SMILES string of the molecule is CC(=O)c1ccc(N2CCN(CC(C)C)CC2)c(Br)c1. The van der Waals surface area contributed by atoms with E-state index in [-0.39, 0.29) is 5.78 Å². The van der Waals surface area contributed by atoms with Gasteiger partial charge < -0.3 is 4.90 Å². The van der Waals surface area contributed by atoms with E-state index >= 15 is 0 Å². The molecule has 0 bridgehead atoms. The minimum Gasteiger partial charge on any atom is -0.368 e. The van der Waals surface area contributed by atoms with Gasteiger partial charge in [-0.3, -0.25) is 9.69 Å². The first kappa shape index (κ1) is 15.5. The van der Waals surface area contributed by atoms with Crippen LogP contribution in [0, 0.1) is 5.92 Å². The highest BCUT2D eigenvalue weighted by molar-refractivity contribution is 9.10. The van der Waals surface area contributed by atoms with Crippen molar-refractivity contribution >= 4 is 27.4 Å². The van der Waals surface area contributed by atoms with Crippen molar-refractivity contribution in [1.82, 2.24) is 4.90 Å². The molecule has 0 amide bonds. The van der Waals surface area contributed by atoms with Gasteiger partial charge in [-0.1, -0.05) is 13.8 Å². The molecule has 1 aliphatic heterocycles. The molecule has 0 spiro atoms. The van der Waals surface area contributed by atoms with Gasteiger partial charge in [0.05, 0.1) is 5.69 Å². The Hall–Kier alpha value is -0.870. The van der Waals surface area contributed by atoms with Gasteiger partial charge in [-0.05, 0) is 47.0 Å². The number of Topliss-reactive ketones (excluding diaryl/α,β-unsaturated/α-hetero) is 1. The average molecular weight is 339 g/mol. The third-order valence-electron chi connectivity index (χ3n) is 3.69. The Kier molecular flexibility index (Phi) is 5.22. The number of nitrogens with zero attached hydrogens (tertiary/aromatic N) is 2. The van der Waals surface area contributed by atoms with Crippen LogP contribution in [0.5, 0.6) is 0 Å². The zero-order chi connectivity index (χ0) is 14.7. The van der Waals surface area contributed by atoms with E-state index in [4.69, 9.17) is 0 Å².